The highest BCUT2D eigenvalue weighted by Crippen LogP contribution is 2.34. The zero-order valence-electron chi connectivity index (χ0n) is 9.74. The van der Waals surface area contributed by atoms with Crippen LogP contribution in [0.25, 0.3) is 11.3 Å². The molecule has 0 fully saturated rings. The van der Waals surface area contributed by atoms with Crippen molar-refractivity contribution in [2.75, 3.05) is 0 Å². The Hall–Kier alpha value is -0.940. The Kier molecular flexibility index (Phi) is 3.79. The molecule has 2 aromatic rings. The summed E-state index contributed by atoms with van der Waals surface area (Å²) in [6.45, 7) is 4.97. The number of carbonyl (C=O) groups is 1. The highest BCUT2D eigenvalue weighted by Gasteiger charge is 2.14. The zero-order chi connectivity index (χ0) is 12.4. The second kappa shape index (κ2) is 5.14. The second-order valence-corrected chi connectivity index (χ2v) is 6.47. The predicted octanol–water partition coefficient (Wildman–Crippen LogP) is 3.91. The van der Waals surface area contributed by atoms with Gasteiger partial charge in [-0.15, -0.1) is 11.3 Å². The molecule has 0 aromatic carbocycles. The number of halogens is 1. The van der Waals surface area contributed by atoms with Crippen molar-refractivity contribution in [2.45, 2.75) is 26.8 Å². The molecule has 0 aliphatic rings. The summed E-state index contributed by atoms with van der Waals surface area (Å²) in [6, 6.07) is 2.02. The maximum atomic E-state index is 11.1. The molecule has 0 amide bonds. The minimum Gasteiger partial charge on any atom is -0.298 e. The van der Waals surface area contributed by atoms with Crippen LogP contribution < -0.4 is 0 Å². The van der Waals surface area contributed by atoms with Crippen molar-refractivity contribution in [1.82, 2.24) is 9.78 Å². The molecule has 90 valence electrons. The van der Waals surface area contributed by atoms with Gasteiger partial charge in [-0.05, 0) is 35.3 Å². The van der Waals surface area contributed by atoms with Gasteiger partial charge in [-0.2, -0.15) is 5.10 Å². The van der Waals surface area contributed by atoms with Gasteiger partial charge in [0.05, 0.1) is 9.35 Å². The lowest BCUT2D eigenvalue weighted by Crippen LogP contribution is -1.96. The molecule has 5 heteroatoms. The largest absolute Gasteiger partial charge is 0.298 e. The van der Waals surface area contributed by atoms with Gasteiger partial charge in [-0.25, -0.2) is 0 Å². The van der Waals surface area contributed by atoms with Gasteiger partial charge in [0.25, 0.3) is 0 Å². The normalized spacial score (nSPS) is 10.8. The molecule has 2 aromatic heterocycles. The summed E-state index contributed by atoms with van der Waals surface area (Å²) in [5.41, 5.74) is 2.48. The van der Waals surface area contributed by atoms with E-state index in [2.05, 4.69) is 28.0 Å². The quantitative estimate of drug-likeness (QED) is 0.802. The Balaban J connectivity index is 2.50. The number of rotatable bonds is 4. The SMILES string of the molecule is CCCn1cc(C=O)c(-c2cc(Br)sc2C)n1. The summed E-state index contributed by atoms with van der Waals surface area (Å²) >= 11 is 5.12. The van der Waals surface area contributed by atoms with Crippen molar-refractivity contribution in [2.24, 2.45) is 0 Å². The van der Waals surface area contributed by atoms with Gasteiger partial charge in [0, 0.05) is 23.2 Å². The molecule has 0 aliphatic carbocycles. The molecule has 2 heterocycles. The van der Waals surface area contributed by atoms with Crippen LogP contribution in [0.3, 0.4) is 0 Å². The molecule has 0 bridgehead atoms. The van der Waals surface area contributed by atoms with Gasteiger partial charge >= 0.3 is 0 Å². The van der Waals surface area contributed by atoms with Crippen molar-refractivity contribution in [3.8, 4) is 11.3 Å². The number of thiophene rings is 1. The van der Waals surface area contributed by atoms with E-state index in [0.29, 0.717) is 5.56 Å². The summed E-state index contributed by atoms with van der Waals surface area (Å²) in [5.74, 6) is 0. The Morgan fingerprint density at radius 3 is 2.88 bits per heavy atom. The minimum absolute atomic E-state index is 0.659. The Morgan fingerprint density at radius 1 is 1.59 bits per heavy atom. The van der Waals surface area contributed by atoms with Crippen LogP contribution in [-0.2, 0) is 6.54 Å². The monoisotopic (exact) mass is 312 g/mol. The summed E-state index contributed by atoms with van der Waals surface area (Å²) in [5, 5.41) is 4.49. The van der Waals surface area contributed by atoms with E-state index in [4.69, 9.17) is 0 Å². The zero-order valence-corrected chi connectivity index (χ0v) is 12.1. The van der Waals surface area contributed by atoms with Gasteiger partial charge in [0.1, 0.15) is 5.69 Å². The van der Waals surface area contributed by atoms with Crippen molar-refractivity contribution >= 4 is 33.6 Å². The van der Waals surface area contributed by atoms with Crippen LogP contribution in [0.2, 0.25) is 0 Å². The number of aldehydes is 1. The lowest BCUT2D eigenvalue weighted by molar-refractivity contribution is 0.112. The average molecular weight is 313 g/mol. The summed E-state index contributed by atoms with van der Waals surface area (Å²) in [7, 11) is 0. The topological polar surface area (TPSA) is 34.9 Å². The van der Waals surface area contributed by atoms with Crippen LogP contribution in [0.5, 0.6) is 0 Å². The van der Waals surface area contributed by atoms with Crippen molar-refractivity contribution in [3.63, 3.8) is 0 Å². The molecule has 17 heavy (non-hydrogen) atoms. The van der Waals surface area contributed by atoms with E-state index in [-0.39, 0.29) is 0 Å². The van der Waals surface area contributed by atoms with E-state index >= 15 is 0 Å². The lowest BCUT2D eigenvalue weighted by atomic mass is 10.1. The van der Waals surface area contributed by atoms with Gasteiger partial charge in [-0.3, -0.25) is 9.48 Å². The predicted molar refractivity (Wildman–Crippen MR) is 73.7 cm³/mol. The van der Waals surface area contributed by atoms with Crippen LogP contribution >= 0.6 is 27.3 Å². The Labute approximate surface area is 113 Å². The van der Waals surface area contributed by atoms with Crippen LogP contribution in [0, 0.1) is 6.92 Å². The van der Waals surface area contributed by atoms with Crippen molar-refractivity contribution < 1.29 is 4.79 Å². The third kappa shape index (κ3) is 2.50. The van der Waals surface area contributed by atoms with Crippen molar-refractivity contribution in [3.05, 3.63) is 26.5 Å². The average Bonchev–Trinajstić information content (AvgIpc) is 2.82. The molecule has 2 rings (SSSR count). The van der Waals surface area contributed by atoms with E-state index < -0.39 is 0 Å². The van der Waals surface area contributed by atoms with Crippen LogP contribution in [0.4, 0.5) is 0 Å². The smallest absolute Gasteiger partial charge is 0.153 e. The molecular formula is C12H13BrN2OS. The molecule has 0 saturated carbocycles. The fourth-order valence-corrected chi connectivity index (χ4v) is 3.45. The molecule has 0 radical (unpaired) electrons. The maximum Gasteiger partial charge on any atom is 0.153 e. The molecule has 3 nitrogen and oxygen atoms in total. The molecule has 0 saturated heterocycles. The first-order valence-corrected chi connectivity index (χ1v) is 7.05. The lowest BCUT2D eigenvalue weighted by Gasteiger charge is -1.97. The van der Waals surface area contributed by atoms with E-state index in [9.17, 15) is 4.79 Å². The number of aromatic nitrogens is 2. The highest BCUT2D eigenvalue weighted by molar-refractivity contribution is 9.11. The molecule has 0 N–H and O–H groups in total. The summed E-state index contributed by atoms with van der Waals surface area (Å²) in [4.78, 5) is 12.2. The van der Waals surface area contributed by atoms with Gasteiger partial charge in [-0.1, -0.05) is 6.92 Å². The molecular weight excluding hydrogens is 300 g/mol. The third-order valence-electron chi connectivity index (χ3n) is 2.51. The highest BCUT2D eigenvalue weighted by atomic mass is 79.9. The number of aryl methyl sites for hydroxylation is 2. The molecule has 0 unspecified atom stereocenters. The first kappa shape index (κ1) is 12.5. The maximum absolute atomic E-state index is 11.1. The van der Waals surface area contributed by atoms with Crippen LogP contribution in [0.1, 0.15) is 28.6 Å². The first-order chi connectivity index (χ1) is 8.15. The standard InChI is InChI=1S/C12H13BrN2OS/c1-3-4-15-6-9(7-16)12(14-15)10-5-11(13)17-8(10)2/h5-7H,3-4H2,1-2H3. The molecule has 0 atom stereocenters. The van der Waals surface area contributed by atoms with E-state index in [1.807, 2.05) is 23.9 Å². The first-order valence-electron chi connectivity index (χ1n) is 5.44. The van der Waals surface area contributed by atoms with Crippen LogP contribution in [-0.4, -0.2) is 16.1 Å². The Morgan fingerprint density at radius 2 is 2.35 bits per heavy atom. The minimum atomic E-state index is 0.659. The van der Waals surface area contributed by atoms with Gasteiger partial charge in [0.2, 0.25) is 0 Å². The van der Waals surface area contributed by atoms with Crippen molar-refractivity contribution in [1.29, 1.82) is 0 Å². The fraction of sp³-hybridized carbons (Fsp3) is 0.333. The third-order valence-corrected chi connectivity index (χ3v) is 4.07. The number of nitrogens with zero attached hydrogens (tertiary/aromatic N) is 2. The second-order valence-electron chi connectivity index (χ2n) is 3.83. The van der Waals surface area contributed by atoms with Gasteiger partial charge < -0.3 is 0 Å². The Bertz CT molecular complexity index is 545. The van der Waals surface area contributed by atoms with E-state index in [1.165, 1.54) is 4.88 Å². The number of hydrogen-bond donors (Lipinski definition) is 0. The number of carbonyl (C=O) groups excluding carboxylic acids is 1. The molecule has 0 aliphatic heterocycles. The molecule has 0 spiro atoms. The van der Waals surface area contributed by atoms with Crippen LogP contribution in [0.15, 0.2) is 16.0 Å². The number of hydrogen-bond acceptors (Lipinski definition) is 3. The summed E-state index contributed by atoms with van der Waals surface area (Å²) in [6.07, 6.45) is 3.70. The summed E-state index contributed by atoms with van der Waals surface area (Å²) < 4.78 is 2.90. The van der Waals surface area contributed by atoms with E-state index in [0.717, 1.165) is 34.3 Å². The van der Waals surface area contributed by atoms with E-state index in [1.54, 1.807) is 11.3 Å². The fourth-order valence-electron chi connectivity index (χ4n) is 1.76. The van der Waals surface area contributed by atoms with Gasteiger partial charge in [0.15, 0.2) is 6.29 Å².